The molecular weight excluding hydrogens is 263 g/mol. The van der Waals surface area contributed by atoms with Crippen LogP contribution in [0, 0.1) is 17.1 Å². The van der Waals surface area contributed by atoms with Crippen molar-refractivity contribution in [2.75, 3.05) is 0 Å². The van der Waals surface area contributed by atoms with Gasteiger partial charge in [0.1, 0.15) is 11.9 Å². The zero-order valence-electron chi connectivity index (χ0n) is 11.6. The van der Waals surface area contributed by atoms with E-state index in [9.17, 15) is 4.39 Å². The van der Waals surface area contributed by atoms with Crippen LogP contribution in [0.2, 0.25) is 0 Å². The SMILES string of the molecule is N#Cc1c(F)cccc1-c1ccc(C2=CCCCC2)cn1. The summed E-state index contributed by atoms with van der Waals surface area (Å²) >= 11 is 0. The molecule has 0 aliphatic heterocycles. The standard InChI is InChI=1S/C18H15FN2/c19-17-8-4-7-15(16(17)11-20)18-10-9-14(12-21-18)13-5-2-1-3-6-13/h4-5,7-10,12H,1-3,6H2. The molecule has 3 rings (SSSR count). The summed E-state index contributed by atoms with van der Waals surface area (Å²) in [6, 6.07) is 10.4. The van der Waals surface area contributed by atoms with Gasteiger partial charge in [0, 0.05) is 11.8 Å². The smallest absolute Gasteiger partial charge is 0.141 e. The average molecular weight is 278 g/mol. The molecule has 2 aromatic rings. The van der Waals surface area contributed by atoms with Gasteiger partial charge in [-0.25, -0.2) is 4.39 Å². The van der Waals surface area contributed by atoms with Crippen LogP contribution in [0.5, 0.6) is 0 Å². The van der Waals surface area contributed by atoms with Gasteiger partial charge in [-0.05, 0) is 49.0 Å². The molecule has 1 aromatic carbocycles. The largest absolute Gasteiger partial charge is 0.256 e. The van der Waals surface area contributed by atoms with Crippen molar-refractivity contribution < 1.29 is 4.39 Å². The first-order valence-electron chi connectivity index (χ1n) is 7.14. The zero-order chi connectivity index (χ0) is 14.7. The third-order valence-electron chi connectivity index (χ3n) is 3.83. The van der Waals surface area contributed by atoms with Crippen LogP contribution >= 0.6 is 0 Å². The summed E-state index contributed by atoms with van der Waals surface area (Å²) in [5, 5.41) is 9.09. The van der Waals surface area contributed by atoms with E-state index in [1.807, 2.05) is 24.4 Å². The lowest BCUT2D eigenvalue weighted by molar-refractivity contribution is 0.624. The van der Waals surface area contributed by atoms with Gasteiger partial charge in [-0.3, -0.25) is 4.98 Å². The molecule has 0 bridgehead atoms. The number of rotatable bonds is 2. The van der Waals surface area contributed by atoms with E-state index >= 15 is 0 Å². The molecule has 0 fully saturated rings. The number of nitriles is 1. The zero-order valence-corrected chi connectivity index (χ0v) is 11.6. The summed E-state index contributed by atoms with van der Waals surface area (Å²) in [5.74, 6) is -0.504. The first kappa shape index (κ1) is 13.5. The number of hydrogen-bond donors (Lipinski definition) is 0. The fraction of sp³-hybridized carbons (Fsp3) is 0.222. The molecule has 1 heterocycles. The number of benzene rings is 1. The normalized spacial score (nSPS) is 14.4. The van der Waals surface area contributed by atoms with E-state index < -0.39 is 5.82 Å². The fourth-order valence-electron chi connectivity index (χ4n) is 2.69. The van der Waals surface area contributed by atoms with Crippen molar-refractivity contribution in [1.29, 1.82) is 5.26 Å². The molecule has 0 amide bonds. The lowest BCUT2D eigenvalue weighted by Crippen LogP contribution is -1.95. The summed E-state index contributed by atoms with van der Waals surface area (Å²) in [6.45, 7) is 0. The molecule has 0 radical (unpaired) electrons. The van der Waals surface area contributed by atoms with E-state index in [1.165, 1.54) is 24.5 Å². The van der Waals surface area contributed by atoms with E-state index in [4.69, 9.17) is 5.26 Å². The predicted octanol–water partition coefficient (Wildman–Crippen LogP) is 4.72. The summed E-state index contributed by atoms with van der Waals surface area (Å²) in [5.41, 5.74) is 3.68. The van der Waals surface area contributed by atoms with Gasteiger partial charge in [0.2, 0.25) is 0 Å². The first-order valence-corrected chi connectivity index (χ1v) is 7.14. The third-order valence-corrected chi connectivity index (χ3v) is 3.83. The van der Waals surface area contributed by atoms with Gasteiger partial charge in [-0.2, -0.15) is 5.26 Å². The molecule has 0 saturated carbocycles. The second-order valence-electron chi connectivity index (χ2n) is 5.18. The van der Waals surface area contributed by atoms with Gasteiger partial charge >= 0.3 is 0 Å². The Morgan fingerprint density at radius 2 is 2.05 bits per heavy atom. The fourth-order valence-corrected chi connectivity index (χ4v) is 2.69. The lowest BCUT2D eigenvalue weighted by atomic mass is 9.94. The van der Waals surface area contributed by atoms with Crippen molar-refractivity contribution in [2.24, 2.45) is 0 Å². The highest BCUT2D eigenvalue weighted by Gasteiger charge is 2.12. The number of halogens is 1. The minimum Gasteiger partial charge on any atom is -0.256 e. The van der Waals surface area contributed by atoms with Crippen molar-refractivity contribution >= 4 is 5.57 Å². The number of hydrogen-bond acceptors (Lipinski definition) is 2. The highest BCUT2D eigenvalue weighted by molar-refractivity contribution is 5.71. The Balaban J connectivity index is 1.97. The summed E-state index contributed by atoms with van der Waals surface area (Å²) in [6.07, 6.45) is 8.77. The molecule has 1 aliphatic carbocycles. The van der Waals surface area contributed by atoms with Crippen LogP contribution in [-0.4, -0.2) is 4.98 Å². The number of pyridine rings is 1. The van der Waals surface area contributed by atoms with Gasteiger partial charge in [0.25, 0.3) is 0 Å². The molecule has 0 unspecified atom stereocenters. The van der Waals surface area contributed by atoms with Crippen molar-refractivity contribution in [3.8, 4) is 17.3 Å². The first-order chi connectivity index (χ1) is 10.3. The van der Waals surface area contributed by atoms with Crippen LogP contribution in [0.4, 0.5) is 4.39 Å². The van der Waals surface area contributed by atoms with E-state index in [2.05, 4.69) is 11.1 Å². The van der Waals surface area contributed by atoms with E-state index in [0.29, 0.717) is 11.3 Å². The Morgan fingerprint density at radius 3 is 2.71 bits per heavy atom. The molecule has 0 saturated heterocycles. The second-order valence-corrected chi connectivity index (χ2v) is 5.18. The monoisotopic (exact) mass is 278 g/mol. The molecule has 0 N–H and O–H groups in total. The molecular formula is C18H15FN2. The maximum atomic E-state index is 13.6. The van der Waals surface area contributed by atoms with Crippen LogP contribution in [0.25, 0.3) is 16.8 Å². The second kappa shape index (κ2) is 5.88. The number of allylic oxidation sites excluding steroid dienone is 2. The van der Waals surface area contributed by atoms with E-state index in [0.717, 1.165) is 18.4 Å². The Kier molecular flexibility index (Phi) is 3.79. The van der Waals surface area contributed by atoms with Crippen LogP contribution in [-0.2, 0) is 0 Å². The molecule has 21 heavy (non-hydrogen) atoms. The summed E-state index contributed by atoms with van der Waals surface area (Å²) in [4.78, 5) is 4.42. The molecule has 104 valence electrons. The quantitative estimate of drug-likeness (QED) is 0.797. The van der Waals surface area contributed by atoms with E-state index in [-0.39, 0.29) is 5.56 Å². The Bertz CT molecular complexity index is 724. The highest BCUT2D eigenvalue weighted by atomic mass is 19.1. The molecule has 0 atom stereocenters. The minimum atomic E-state index is -0.504. The van der Waals surface area contributed by atoms with Gasteiger partial charge in [-0.1, -0.05) is 24.3 Å². The van der Waals surface area contributed by atoms with Crippen molar-refractivity contribution in [3.05, 3.63) is 59.5 Å². The third kappa shape index (κ3) is 2.71. The lowest BCUT2D eigenvalue weighted by Gasteiger charge is -2.13. The Hall–Kier alpha value is -2.47. The van der Waals surface area contributed by atoms with Gasteiger partial charge in [0.05, 0.1) is 11.3 Å². The van der Waals surface area contributed by atoms with E-state index in [1.54, 1.807) is 12.1 Å². The average Bonchev–Trinajstić information content (AvgIpc) is 2.55. The van der Waals surface area contributed by atoms with Gasteiger partial charge in [0.15, 0.2) is 0 Å². The topological polar surface area (TPSA) is 36.7 Å². The molecule has 3 heteroatoms. The molecule has 2 nitrogen and oxygen atoms in total. The molecule has 1 aromatic heterocycles. The van der Waals surface area contributed by atoms with Crippen LogP contribution < -0.4 is 0 Å². The number of aromatic nitrogens is 1. The van der Waals surface area contributed by atoms with Crippen LogP contribution in [0.15, 0.2) is 42.6 Å². The van der Waals surface area contributed by atoms with Crippen molar-refractivity contribution in [3.63, 3.8) is 0 Å². The molecule has 1 aliphatic rings. The number of nitrogens with zero attached hydrogens (tertiary/aromatic N) is 2. The van der Waals surface area contributed by atoms with Gasteiger partial charge in [-0.15, -0.1) is 0 Å². The minimum absolute atomic E-state index is 0.0506. The predicted molar refractivity (Wildman–Crippen MR) is 80.8 cm³/mol. The van der Waals surface area contributed by atoms with Crippen LogP contribution in [0.3, 0.4) is 0 Å². The summed E-state index contributed by atoms with van der Waals surface area (Å²) < 4.78 is 13.6. The Labute approximate surface area is 123 Å². The van der Waals surface area contributed by atoms with Crippen LogP contribution in [0.1, 0.15) is 36.8 Å². The van der Waals surface area contributed by atoms with Crippen molar-refractivity contribution in [1.82, 2.24) is 4.98 Å². The molecule has 0 spiro atoms. The maximum Gasteiger partial charge on any atom is 0.141 e. The van der Waals surface area contributed by atoms with Crippen molar-refractivity contribution in [2.45, 2.75) is 25.7 Å². The van der Waals surface area contributed by atoms with Gasteiger partial charge < -0.3 is 0 Å². The Morgan fingerprint density at radius 1 is 1.14 bits per heavy atom. The highest BCUT2D eigenvalue weighted by Crippen LogP contribution is 2.28. The summed E-state index contributed by atoms with van der Waals surface area (Å²) in [7, 11) is 0. The maximum absolute atomic E-state index is 13.6.